The van der Waals surface area contributed by atoms with Crippen molar-refractivity contribution in [1.29, 1.82) is 0 Å². The number of methoxy groups -OCH3 is 1. The second-order valence-electron chi connectivity index (χ2n) is 11.6. The van der Waals surface area contributed by atoms with Crippen molar-refractivity contribution in [2.45, 2.75) is 53.4 Å². The molecule has 40 heavy (non-hydrogen) atoms. The Labute approximate surface area is 240 Å². The largest absolute Gasteiger partial charge is 0.497 e. The fraction of sp³-hybridized carbons (Fsp3) is 0.515. The molecule has 7 heteroatoms. The summed E-state index contributed by atoms with van der Waals surface area (Å²) >= 11 is 0. The number of benzene rings is 1. The van der Waals surface area contributed by atoms with Crippen LogP contribution in [-0.4, -0.2) is 72.0 Å². The number of amides is 1. The third-order valence-corrected chi connectivity index (χ3v) is 7.55. The number of ether oxygens (including phenoxy) is 1. The topological polar surface area (TPSA) is 53.3 Å². The second-order valence-corrected chi connectivity index (χ2v) is 11.6. The summed E-state index contributed by atoms with van der Waals surface area (Å²) in [6.07, 6.45) is 6.36. The molecule has 0 bridgehead atoms. The van der Waals surface area contributed by atoms with Crippen LogP contribution in [-0.2, 0) is 0 Å². The van der Waals surface area contributed by atoms with Crippen molar-refractivity contribution < 1.29 is 9.53 Å². The Morgan fingerprint density at radius 1 is 1.05 bits per heavy atom. The number of likely N-dealkylation sites (tertiary alicyclic amines) is 1. The van der Waals surface area contributed by atoms with Crippen molar-refractivity contribution in [1.82, 2.24) is 19.2 Å². The number of hydrogen-bond donors (Lipinski definition) is 0. The van der Waals surface area contributed by atoms with Gasteiger partial charge >= 0.3 is 0 Å². The van der Waals surface area contributed by atoms with Crippen LogP contribution in [0.3, 0.4) is 0 Å². The molecule has 0 N–H and O–H groups in total. The van der Waals surface area contributed by atoms with Gasteiger partial charge in [-0.3, -0.25) is 14.1 Å². The van der Waals surface area contributed by atoms with E-state index in [2.05, 4.69) is 44.4 Å². The van der Waals surface area contributed by atoms with Crippen LogP contribution in [0.5, 0.6) is 5.75 Å². The van der Waals surface area contributed by atoms with Gasteiger partial charge in [0.2, 0.25) is 0 Å². The molecule has 1 aliphatic heterocycles. The molecule has 0 radical (unpaired) electrons. The minimum Gasteiger partial charge on any atom is -0.497 e. The molecule has 1 amide bonds. The van der Waals surface area contributed by atoms with E-state index in [1.54, 1.807) is 7.11 Å². The molecule has 1 aliphatic rings. The number of hydrogen-bond acceptors (Lipinski definition) is 5. The molecule has 0 spiro atoms. The van der Waals surface area contributed by atoms with Crippen molar-refractivity contribution in [2.24, 2.45) is 11.8 Å². The highest BCUT2D eigenvalue weighted by Crippen LogP contribution is 2.30. The van der Waals surface area contributed by atoms with E-state index in [1.807, 2.05) is 63.8 Å². The van der Waals surface area contributed by atoms with Crippen molar-refractivity contribution in [3.05, 3.63) is 53.9 Å². The van der Waals surface area contributed by atoms with Crippen LogP contribution in [0, 0.1) is 23.7 Å². The summed E-state index contributed by atoms with van der Waals surface area (Å²) in [5.41, 5.74) is 3.17. The number of nitrogens with zero attached hydrogens (tertiary/aromatic N) is 5. The second kappa shape index (κ2) is 13.7. The van der Waals surface area contributed by atoms with E-state index in [-0.39, 0.29) is 5.91 Å². The SMILES string of the molecule is COc1cccc(N(C)c2nc3ccc(C(=O)N(CCC(C)C)CCC(C)C)cn3c2C#CCN2CCCC2)c1. The molecule has 1 aromatic carbocycles. The van der Waals surface area contributed by atoms with Crippen LogP contribution in [0.2, 0.25) is 0 Å². The summed E-state index contributed by atoms with van der Waals surface area (Å²) in [6, 6.07) is 11.8. The Hall–Kier alpha value is -3.50. The monoisotopic (exact) mass is 543 g/mol. The van der Waals surface area contributed by atoms with E-state index in [9.17, 15) is 4.79 Å². The average molecular weight is 544 g/mol. The molecule has 1 saturated heterocycles. The third kappa shape index (κ3) is 7.37. The zero-order valence-corrected chi connectivity index (χ0v) is 25.1. The standard InChI is InChI=1S/C33H45N5O2/c1-25(2)16-21-37(22-17-26(3)4)33(39)27-14-15-31-34-32(35(5)28-11-9-12-29(23-28)40-6)30(38(31)24-27)13-10-20-36-18-7-8-19-36/h9,11-12,14-15,23-26H,7-8,16-22H2,1-6H3. The predicted octanol–water partition coefficient (Wildman–Crippen LogP) is 6.09. The molecule has 1 fully saturated rings. The number of carbonyl (C=O) groups is 1. The predicted molar refractivity (Wildman–Crippen MR) is 164 cm³/mol. The average Bonchev–Trinajstić information content (AvgIpc) is 3.60. The van der Waals surface area contributed by atoms with Gasteiger partial charge in [0, 0.05) is 38.1 Å². The minimum absolute atomic E-state index is 0.0653. The molecule has 0 saturated carbocycles. The first kappa shape index (κ1) is 29.5. The lowest BCUT2D eigenvalue weighted by Crippen LogP contribution is -2.34. The first-order valence-electron chi connectivity index (χ1n) is 14.7. The van der Waals surface area contributed by atoms with Crippen LogP contribution >= 0.6 is 0 Å². The van der Waals surface area contributed by atoms with Crippen LogP contribution in [0.1, 0.15) is 69.4 Å². The van der Waals surface area contributed by atoms with Gasteiger partial charge < -0.3 is 14.5 Å². The van der Waals surface area contributed by atoms with Crippen LogP contribution in [0.4, 0.5) is 11.5 Å². The zero-order chi connectivity index (χ0) is 28.6. The molecule has 0 aliphatic carbocycles. The van der Waals surface area contributed by atoms with Crippen molar-refractivity contribution in [3.8, 4) is 17.6 Å². The summed E-state index contributed by atoms with van der Waals surface area (Å²) in [6.45, 7) is 13.3. The van der Waals surface area contributed by atoms with Gasteiger partial charge in [-0.2, -0.15) is 0 Å². The van der Waals surface area contributed by atoms with Crippen LogP contribution in [0.15, 0.2) is 42.6 Å². The molecule has 7 nitrogen and oxygen atoms in total. The lowest BCUT2D eigenvalue weighted by molar-refractivity contribution is 0.0740. The molecule has 0 unspecified atom stereocenters. The van der Waals surface area contributed by atoms with Crippen LogP contribution in [0.25, 0.3) is 5.65 Å². The van der Waals surface area contributed by atoms with Crippen molar-refractivity contribution in [2.75, 3.05) is 51.8 Å². The fourth-order valence-corrected chi connectivity index (χ4v) is 4.95. The Bertz CT molecular complexity index is 1330. The lowest BCUT2D eigenvalue weighted by Gasteiger charge is -2.24. The zero-order valence-electron chi connectivity index (χ0n) is 25.1. The Kier molecular flexibility index (Phi) is 10.1. The van der Waals surface area contributed by atoms with Crippen molar-refractivity contribution in [3.63, 3.8) is 0 Å². The number of aromatic nitrogens is 2. The Morgan fingerprint density at radius 3 is 2.40 bits per heavy atom. The van der Waals surface area contributed by atoms with Gasteiger partial charge in [0.15, 0.2) is 5.82 Å². The van der Waals surface area contributed by atoms with Crippen molar-refractivity contribution >= 4 is 23.1 Å². The van der Waals surface area contributed by atoms with E-state index in [1.165, 1.54) is 12.8 Å². The van der Waals surface area contributed by atoms with E-state index in [0.29, 0.717) is 17.4 Å². The molecular formula is C33H45N5O2. The normalized spacial score (nSPS) is 13.6. The van der Waals surface area contributed by atoms with Gasteiger partial charge in [-0.05, 0) is 80.8 Å². The van der Waals surface area contributed by atoms with Gasteiger partial charge in [0.1, 0.15) is 17.1 Å². The van der Waals surface area contributed by atoms with Gasteiger partial charge in [-0.25, -0.2) is 4.98 Å². The molecule has 3 aromatic rings. The summed E-state index contributed by atoms with van der Waals surface area (Å²) in [4.78, 5) is 25.2. The summed E-state index contributed by atoms with van der Waals surface area (Å²) in [5, 5.41) is 0. The maximum absolute atomic E-state index is 13.8. The van der Waals surface area contributed by atoms with Gasteiger partial charge in [0.25, 0.3) is 5.91 Å². The maximum atomic E-state index is 13.8. The highest BCUT2D eigenvalue weighted by Gasteiger charge is 2.21. The molecule has 0 atom stereocenters. The number of fused-ring (bicyclic) bond motifs is 1. The number of imidazole rings is 1. The number of carbonyl (C=O) groups excluding carboxylic acids is 1. The quantitative estimate of drug-likeness (QED) is 0.274. The first-order chi connectivity index (χ1) is 19.3. The molecule has 3 heterocycles. The highest BCUT2D eigenvalue weighted by molar-refractivity contribution is 5.94. The fourth-order valence-electron chi connectivity index (χ4n) is 4.95. The number of pyridine rings is 1. The van der Waals surface area contributed by atoms with E-state index >= 15 is 0 Å². The minimum atomic E-state index is 0.0653. The smallest absolute Gasteiger partial charge is 0.255 e. The highest BCUT2D eigenvalue weighted by atomic mass is 16.5. The number of anilines is 2. The van der Waals surface area contributed by atoms with Gasteiger partial charge in [-0.1, -0.05) is 39.7 Å². The van der Waals surface area contributed by atoms with E-state index in [4.69, 9.17) is 9.72 Å². The molecular weight excluding hydrogens is 498 g/mol. The lowest BCUT2D eigenvalue weighted by atomic mass is 10.1. The first-order valence-corrected chi connectivity index (χ1v) is 14.7. The van der Waals surface area contributed by atoms with Gasteiger partial charge in [0.05, 0.1) is 19.2 Å². The Morgan fingerprint density at radius 2 is 1.75 bits per heavy atom. The van der Waals surface area contributed by atoms with E-state index < -0.39 is 0 Å². The summed E-state index contributed by atoms with van der Waals surface area (Å²) in [7, 11) is 3.66. The maximum Gasteiger partial charge on any atom is 0.255 e. The molecule has 2 aromatic heterocycles. The Balaban J connectivity index is 1.72. The molecule has 214 valence electrons. The van der Waals surface area contributed by atoms with Gasteiger partial charge in [-0.15, -0.1) is 0 Å². The third-order valence-electron chi connectivity index (χ3n) is 7.55. The number of rotatable bonds is 11. The van der Waals surface area contributed by atoms with E-state index in [0.717, 1.165) is 74.2 Å². The summed E-state index contributed by atoms with van der Waals surface area (Å²) < 4.78 is 7.44. The van der Waals surface area contributed by atoms with Crippen LogP contribution < -0.4 is 9.64 Å². The molecule has 4 rings (SSSR count). The summed E-state index contributed by atoms with van der Waals surface area (Å²) in [5.74, 6) is 9.51.